The van der Waals surface area contributed by atoms with Gasteiger partial charge in [-0.05, 0) is 58.6 Å². The number of aryl methyl sites for hydroxylation is 1. The number of aromatic nitrogens is 2. The molecule has 2 aromatic heterocycles. The van der Waals surface area contributed by atoms with E-state index in [2.05, 4.69) is 60.8 Å². The van der Waals surface area contributed by atoms with E-state index in [1.54, 1.807) is 0 Å². The number of nitrogens with zero attached hydrogens (tertiary/aromatic N) is 4. The lowest BCUT2D eigenvalue weighted by atomic mass is 10.1. The molecule has 2 bridgehead atoms. The number of fused-ring (bicyclic) bond motifs is 2. The van der Waals surface area contributed by atoms with E-state index < -0.39 is 0 Å². The Hall–Kier alpha value is -1.30. The van der Waals surface area contributed by atoms with Crippen molar-refractivity contribution in [1.29, 1.82) is 0 Å². The average molecular weight is 373 g/mol. The summed E-state index contributed by atoms with van der Waals surface area (Å²) in [7, 11) is 0. The number of rotatable bonds is 4. The van der Waals surface area contributed by atoms with E-state index in [1.807, 2.05) is 18.6 Å². The Bertz CT molecular complexity index is 688. The van der Waals surface area contributed by atoms with Crippen molar-refractivity contribution in [1.82, 2.24) is 19.8 Å². The molecule has 0 aromatic carbocycles. The SMILES string of the molecule is Cc1ccncc1CN1CC2CC1CN2Cc1ccc(Br)cn1. The number of pyridine rings is 2. The largest absolute Gasteiger partial charge is 0.293 e. The van der Waals surface area contributed by atoms with Crippen LogP contribution in [0.1, 0.15) is 23.2 Å². The second-order valence-electron chi connectivity index (χ2n) is 6.67. The summed E-state index contributed by atoms with van der Waals surface area (Å²) in [4.78, 5) is 14.0. The molecule has 0 aliphatic carbocycles. The summed E-state index contributed by atoms with van der Waals surface area (Å²) < 4.78 is 1.04. The molecule has 0 radical (unpaired) electrons. The molecular formula is C18H21BrN4. The maximum absolute atomic E-state index is 4.51. The molecule has 2 unspecified atom stereocenters. The van der Waals surface area contributed by atoms with E-state index in [9.17, 15) is 0 Å². The lowest BCUT2D eigenvalue weighted by Crippen LogP contribution is -2.45. The standard InChI is InChI=1S/C18H21BrN4/c1-13-4-5-20-7-14(13)9-22-11-18-6-17(22)12-23(18)10-16-3-2-15(19)8-21-16/h2-5,7-8,17-18H,6,9-12H2,1H3. The molecule has 2 saturated heterocycles. The molecule has 4 nitrogen and oxygen atoms in total. The lowest BCUT2D eigenvalue weighted by Gasteiger charge is -2.34. The van der Waals surface area contributed by atoms with E-state index >= 15 is 0 Å². The normalized spacial score (nSPS) is 24.4. The molecule has 2 aliphatic rings. The van der Waals surface area contributed by atoms with Crippen LogP contribution in [0.4, 0.5) is 0 Å². The van der Waals surface area contributed by atoms with Gasteiger partial charge in [0.2, 0.25) is 0 Å². The Morgan fingerprint density at radius 2 is 1.87 bits per heavy atom. The predicted molar refractivity (Wildman–Crippen MR) is 93.9 cm³/mol. The summed E-state index contributed by atoms with van der Waals surface area (Å²) in [5.41, 5.74) is 3.87. The summed E-state index contributed by atoms with van der Waals surface area (Å²) in [5.74, 6) is 0. The molecule has 2 aliphatic heterocycles. The van der Waals surface area contributed by atoms with Gasteiger partial charge in [-0.2, -0.15) is 0 Å². The topological polar surface area (TPSA) is 32.3 Å². The fraction of sp³-hybridized carbons (Fsp3) is 0.444. The lowest BCUT2D eigenvalue weighted by molar-refractivity contribution is 0.116. The van der Waals surface area contributed by atoms with E-state index in [1.165, 1.54) is 17.5 Å². The average Bonchev–Trinajstić information content (AvgIpc) is 3.12. The Labute approximate surface area is 145 Å². The van der Waals surface area contributed by atoms with Gasteiger partial charge in [0.1, 0.15) is 0 Å². The zero-order valence-corrected chi connectivity index (χ0v) is 14.9. The van der Waals surface area contributed by atoms with Crippen LogP contribution in [-0.2, 0) is 13.1 Å². The Morgan fingerprint density at radius 3 is 2.52 bits per heavy atom. The van der Waals surface area contributed by atoms with Crippen molar-refractivity contribution in [3.8, 4) is 0 Å². The van der Waals surface area contributed by atoms with Crippen molar-refractivity contribution < 1.29 is 0 Å². The van der Waals surface area contributed by atoms with Crippen molar-refractivity contribution in [2.45, 2.75) is 38.5 Å². The van der Waals surface area contributed by atoms with E-state index in [0.717, 1.165) is 36.3 Å². The van der Waals surface area contributed by atoms with Gasteiger partial charge in [-0.3, -0.25) is 19.8 Å². The highest BCUT2D eigenvalue weighted by Crippen LogP contribution is 2.33. The van der Waals surface area contributed by atoms with Crippen molar-refractivity contribution in [3.63, 3.8) is 0 Å². The summed E-state index contributed by atoms with van der Waals surface area (Å²) in [6, 6.07) is 7.65. The number of likely N-dealkylation sites (tertiary alicyclic amines) is 2. The number of hydrogen-bond donors (Lipinski definition) is 0. The molecule has 0 spiro atoms. The fourth-order valence-electron chi connectivity index (χ4n) is 3.81. The molecule has 2 atom stereocenters. The van der Waals surface area contributed by atoms with Gasteiger partial charge in [0.05, 0.1) is 5.69 Å². The third kappa shape index (κ3) is 3.18. The van der Waals surface area contributed by atoms with Crippen LogP contribution in [0.2, 0.25) is 0 Å². The monoisotopic (exact) mass is 372 g/mol. The van der Waals surface area contributed by atoms with Gasteiger partial charge >= 0.3 is 0 Å². The molecule has 0 saturated carbocycles. The highest BCUT2D eigenvalue weighted by atomic mass is 79.9. The minimum Gasteiger partial charge on any atom is -0.293 e. The van der Waals surface area contributed by atoms with E-state index in [-0.39, 0.29) is 0 Å². The minimum absolute atomic E-state index is 0.669. The second kappa shape index (κ2) is 6.30. The predicted octanol–water partition coefficient (Wildman–Crippen LogP) is 3.01. The molecule has 4 rings (SSSR count). The van der Waals surface area contributed by atoms with Gasteiger partial charge in [0, 0.05) is 61.3 Å². The smallest absolute Gasteiger partial charge is 0.0544 e. The first-order valence-corrected chi connectivity index (χ1v) is 8.96. The quantitative estimate of drug-likeness (QED) is 0.825. The Balaban J connectivity index is 1.38. The summed E-state index contributed by atoms with van der Waals surface area (Å²) in [5, 5.41) is 0. The van der Waals surface area contributed by atoms with E-state index in [0.29, 0.717) is 12.1 Å². The van der Waals surface area contributed by atoms with Gasteiger partial charge < -0.3 is 0 Å². The van der Waals surface area contributed by atoms with Crippen LogP contribution in [-0.4, -0.2) is 44.9 Å². The summed E-state index contributed by atoms with van der Waals surface area (Å²) in [6.07, 6.45) is 7.07. The number of halogens is 1. The van der Waals surface area contributed by atoms with Gasteiger partial charge in [0.15, 0.2) is 0 Å². The van der Waals surface area contributed by atoms with Crippen LogP contribution in [0.3, 0.4) is 0 Å². The highest BCUT2D eigenvalue weighted by Gasteiger charge is 2.42. The summed E-state index contributed by atoms with van der Waals surface area (Å²) >= 11 is 3.45. The molecule has 4 heterocycles. The van der Waals surface area contributed by atoms with Crippen molar-refractivity contribution in [2.75, 3.05) is 13.1 Å². The maximum Gasteiger partial charge on any atom is 0.0544 e. The first-order valence-electron chi connectivity index (χ1n) is 8.17. The third-order valence-corrected chi connectivity index (χ3v) is 5.61. The van der Waals surface area contributed by atoms with Gasteiger partial charge in [-0.1, -0.05) is 0 Å². The number of hydrogen-bond acceptors (Lipinski definition) is 4. The van der Waals surface area contributed by atoms with Crippen LogP contribution in [0.25, 0.3) is 0 Å². The first-order chi connectivity index (χ1) is 11.2. The Morgan fingerprint density at radius 1 is 1.09 bits per heavy atom. The molecular weight excluding hydrogens is 352 g/mol. The van der Waals surface area contributed by atoms with Crippen LogP contribution >= 0.6 is 15.9 Å². The zero-order chi connectivity index (χ0) is 15.8. The number of piperazine rings is 1. The minimum atomic E-state index is 0.669. The first kappa shape index (κ1) is 15.2. The van der Waals surface area contributed by atoms with Crippen LogP contribution in [0.15, 0.2) is 41.3 Å². The van der Waals surface area contributed by atoms with E-state index in [4.69, 9.17) is 0 Å². The van der Waals surface area contributed by atoms with Crippen molar-refractivity contribution in [2.24, 2.45) is 0 Å². The molecule has 2 fully saturated rings. The van der Waals surface area contributed by atoms with Gasteiger partial charge in [-0.15, -0.1) is 0 Å². The van der Waals surface area contributed by atoms with Crippen LogP contribution in [0.5, 0.6) is 0 Å². The zero-order valence-electron chi connectivity index (χ0n) is 13.3. The molecule has 2 aromatic rings. The highest BCUT2D eigenvalue weighted by molar-refractivity contribution is 9.10. The fourth-order valence-corrected chi connectivity index (χ4v) is 4.04. The van der Waals surface area contributed by atoms with Crippen LogP contribution in [0, 0.1) is 6.92 Å². The summed E-state index contributed by atoms with van der Waals surface area (Å²) in [6.45, 7) is 6.49. The van der Waals surface area contributed by atoms with Crippen LogP contribution < -0.4 is 0 Å². The van der Waals surface area contributed by atoms with Crippen molar-refractivity contribution in [3.05, 3.63) is 58.1 Å². The molecule has 5 heteroatoms. The second-order valence-corrected chi connectivity index (χ2v) is 7.59. The molecule has 0 N–H and O–H groups in total. The molecule has 0 amide bonds. The van der Waals surface area contributed by atoms with Gasteiger partial charge in [0.25, 0.3) is 0 Å². The van der Waals surface area contributed by atoms with Crippen molar-refractivity contribution >= 4 is 15.9 Å². The molecule has 23 heavy (non-hydrogen) atoms. The Kier molecular flexibility index (Phi) is 4.18. The van der Waals surface area contributed by atoms with Gasteiger partial charge in [-0.25, -0.2) is 0 Å². The third-order valence-electron chi connectivity index (χ3n) is 5.14. The maximum atomic E-state index is 4.51. The molecule has 120 valence electrons.